The number of hydrogen-bond donors (Lipinski definition) is 2. The summed E-state index contributed by atoms with van der Waals surface area (Å²) in [6, 6.07) is 6.44. The number of nitrogens with one attached hydrogen (secondary N) is 1. The van der Waals surface area contributed by atoms with Gasteiger partial charge < -0.3 is 15.8 Å². The number of primary amides is 1. The number of carbonyl (C=O) groups is 3. The van der Waals surface area contributed by atoms with Gasteiger partial charge in [0.1, 0.15) is 0 Å². The number of alkyl carbamates (subject to hydrolysis) is 1. The predicted molar refractivity (Wildman–Crippen MR) is 72.7 cm³/mol. The van der Waals surface area contributed by atoms with Gasteiger partial charge in [0, 0.05) is 12.1 Å². The first-order chi connectivity index (χ1) is 9.20. The zero-order chi connectivity index (χ0) is 15.3. The average Bonchev–Trinajstić information content (AvgIpc) is 2.35. The van der Waals surface area contributed by atoms with Gasteiger partial charge in [-0.3, -0.25) is 9.59 Å². The van der Waals surface area contributed by atoms with Crippen LogP contribution >= 0.6 is 0 Å². The first kappa shape index (κ1) is 15.7. The highest BCUT2D eigenvalue weighted by molar-refractivity contribution is 5.92. The van der Waals surface area contributed by atoms with Crippen LogP contribution in [0.15, 0.2) is 24.3 Å². The minimum Gasteiger partial charge on any atom is -0.376 e. The molecule has 1 aromatic carbocycles. The summed E-state index contributed by atoms with van der Waals surface area (Å²) in [5, 5.41) is 2.45. The monoisotopic (exact) mass is 278 g/mol. The Bertz CT molecular complexity index is 515. The molecule has 6 heteroatoms. The van der Waals surface area contributed by atoms with Crippen LogP contribution in [0.2, 0.25) is 0 Å². The molecule has 0 atom stereocenters. The number of carbonyl (C=O) groups excluding carboxylic acids is 3. The molecule has 0 spiro atoms. The Morgan fingerprint density at radius 3 is 2.15 bits per heavy atom. The second kappa shape index (κ2) is 6.18. The van der Waals surface area contributed by atoms with Gasteiger partial charge in [0.15, 0.2) is 0 Å². The molecule has 1 rings (SSSR count). The van der Waals surface area contributed by atoms with Crippen LogP contribution in [0.4, 0.5) is 4.79 Å². The van der Waals surface area contributed by atoms with Gasteiger partial charge in [-0.1, -0.05) is 12.1 Å². The number of ether oxygens (including phenoxy) is 1. The summed E-state index contributed by atoms with van der Waals surface area (Å²) in [4.78, 5) is 33.8. The van der Waals surface area contributed by atoms with E-state index in [1.165, 1.54) is 0 Å². The molecule has 0 heterocycles. The lowest BCUT2D eigenvalue weighted by Gasteiger charge is -2.15. The molecule has 0 unspecified atom stereocenters. The summed E-state index contributed by atoms with van der Waals surface area (Å²) < 4.78 is 4.64. The first-order valence-corrected chi connectivity index (χ1v) is 6.09. The van der Waals surface area contributed by atoms with Gasteiger partial charge in [0.2, 0.25) is 5.91 Å². The Morgan fingerprint density at radius 1 is 1.15 bits per heavy atom. The fraction of sp³-hybridized carbons (Fsp3) is 0.357. The van der Waals surface area contributed by atoms with Gasteiger partial charge in [-0.2, -0.15) is 0 Å². The maximum atomic E-state index is 11.5. The van der Waals surface area contributed by atoms with Crippen molar-refractivity contribution in [3.63, 3.8) is 0 Å². The van der Waals surface area contributed by atoms with Crippen molar-refractivity contribution in [2.75, 3.05) is 0 Å². The standard InChI is InChI=1S/C14H18N2O4/c1-14(2,3)12(18)20-13(19)16-8-9-4-6-10(7-5-9)11(15)17/h4-7H,8H2,1-3H3,(H2,15,17)(H,16,19). The van der Waals surface area contributed by atoms with E-state index in [0.717, 1.165) is 5.56 Å². The van der Waals surface area contributed by atoms with Gasteiger partial charge in [0.25, 0.3) is 0 Å². The van der Waals surface area contributed by atoms with E-state index < -0.39 is 23.4 Å². The van der Waals surface area contributed by atoms with Crippen LogP contribution in [0.5, 0.6) is 0 Å². The molecule has 1 aromatic rings. The van der Waals surface area contributed by atoms with Crippen molar-refractivity contribution >= 4 is 18.0 Å². The number of esters is 1. The largest absolute Gasteiger partial charge is 0.415 e. The molecule has 108 valence electrons. The van der Waals surface area contributed by atoms with Crippen LogP contribution in [0, 0.1) is 5.41 Å². The molecule has 0 fully saturated rings. The third kappa shape index (κ3) is 4.72. The second-order valence-corrected chi connectivity index (χ2v) is 5.34. The SMILES string of the molecule is CC(C)(C)C(=O)OC(=O)NCc1ccc(C(N)=O)cc1. The number of rotatable bonds is 3. The van der Waals surface area contributed by atoms with Crippen molar-refractivity contribution in [2.45, 2.75) is 27.3 Å². The molecule has 20 heavy (non-hydrogen) atoms. The highest BCUT2D eigenvalue weighted by Gasteiger charge is 2.25. The van der Waals surface area contributed by atoms with Crippen LogP contribution in [0.3, 0.4) is 0 Å². The smallest absolute Gasteiger partial charge is 0.376 e. The Balaban J connectivity index is 2.49. The van der Waals surface area contributed by atoms with E-state index in [1.807, 2.05) is 0 Å². The molecular formula is C14H18N2O4. The molecule has 0 aliphatic heterocycles. The van der Waals surface area contributed by atoms with Crippen LogP contribution in [-0.4, -0.2) is 18.0 Å². The van der Waals surface area contributed by atoms with Gasteiger partial charge in [-0.05, 0) is 38.5 Å². The van der Waals surface area contributed by atoms with Crippen molar-refractivity contribution in [3.05, 3.63) is 35.4 Å². The highest BCUT2D eigenvalue weighted by atomic mass is 16.6. The molecule has 6 nitrogen and oxygen atoms in total. The molecule has 0 aliphatic rings. The van der Waals surface area contributed by atoms with E-state index in [-0.39, 0.29) is 6.54 Å². The topological polar surface area (TPSA) is 98.5 Å². The lowest BCUT2D eigenvalue weighted by molar-refractivity contribution is -0.146. The van der Waals surface area contributed by atoms with Crippen LogP contribution in [0.1, 0.15) is 36.7 Å². The molecule has 0 aromatic heterocycles. The fourth-order valence-electron chi connectivity index (χ4n) is 1.23. The van der Waals surface area contributed by atoms with Crippen molar-refractivity contribution in [1.29, 1.82) is 0 Å². The van der Waals surface area contributed by atoms with Gasteiger partial charge in [0.05, 0.1) is 5.41 Å². The van der Waals surface area contributed by atoms with Gasteiger partial charge in [-0.15, -0.1) is 0 Å². The fourth-order valence-corrected chi connectivity index (χ4v) is 1.23. The van der Waals surface area contributed by atoms with Gasteiger partial charge in [-0.25, -0.2) is 4.79 Å². The molecule has 3 N–H and O–H groups in total. The third-order valence-corrected chi connectivity index (χ3v) is 2.47. The lowest BCUT2D eigenvalue weighted by Crippen LogP contribution is -2.32. The van der Waals surface area contributed by atoms with Gasteiger partial charge >= 0.3 is 12.1 Å². The Kier molecular flexibility index (Phi) is 4.85. The van der Waals surface area contributed by atoms with Crippen molar-refractivity contribution in [1.82, 2.24) is 5.32 Å². The van der Waals surface area contributed by atoms with Crippen molar-refractivity contribution < 1.29 is 19.1 Å². The Hall–Kier alpha value is -2.37. The van der Waals surface area contributed by atoms with E-state index >= 15 is 0 Å². The number of benzene rings is 1. The van der Waals surface area contributed by atoms with Crippen LogP contribution in [0.25, 0.3) is 0 Å². The van der Waals surface area contributed by atoms with E-state index in [0.29, 0.717) is 5.56 Å². The quantitative estimate of drug-likeness (QED) is 0.647. The second-order valence-electron chi connectivity index (χ2n) is 5.34. The zero-order valence-corrected chi connectivity index (χ0v) is 11.7. The summed E-state index contributed by atoms with van der Waals surface area (Å²) in [6.07, 6.45) is -0.802. The predicted octanol–water partition coefficient (Wildman–Crippen LogP) is 1.58. The minimum absolute atomic E-state index is 0.190. The van der Waals surface area contributed by atoms with E-state index in [4.69, 9.17) is 5.73 Å². The third-order valence-electron chi connectivity index (χ3n) is 2.47. The molecule has 0 saturated heterocycles. The number of nitrogens with two attached hydrogens (primary N) is 1. The summed E-state index contributed by atoms with van der Waals surface area (Å²) in [6.45, 7) is 5.16. The van der Waals surface area contributed by atoms with E-state index in [2.05, 4.69) is 10.1 Å². The molecule has 0 aliphatic carbocycles. The minimum atomic E-state index is -0.802. The maximum absolute atomic E-state index is 11.5. The Morgan fingerprint density at radius 2 is 1.70 bits per heavy atom. The highest BCUT2D eigenvalue weighted by Crippen LogP contribution is 2.15. The van der Waals surface area contributed by atoms with Crippen LogP contribution in [-0.2, 0) is 16.1 Å². The first-order valence-electron chi connectivity index (χ1n) is 6.09. The molecular weight excluding hydrogens is 260 g/mol. The zero-order valence-electron chi connectivity index (χ0n) is 11.7. The average molecular weight is 278 g/mol. The van der Waals surface area contributed by atoms with Crippen LogP contribution < -0.4 is 11.1 Å². The lowest BCUT2D eigenvalue weighted by atomic mass is 9.98. The molecule has 0 bridgehead atoms. The summed E-state index contributed by atoms with van der Waals surface area (Å²) in [7, 11) is 0. The molecule has 0 radical (unpaired) electrons. The number of hydrogen-bond acceptors (Lipinski definition) is 4. The van der Waals surface area contributed by atoms with E-state index in [1.54, 1.807) is 45.0 Å². The summed E-state index contributed by atoms with van der Waals surface area (Å²) >= 11 is 0. The van der Waals surface area contributed by atoms with E-state index in [9.17, 15) is 14.4 Å². The summed E-state index contributed by atoms with van der Waals surface area (Å²) in [5.74, 6) is -1.11. The maximum Gasteiger partial charge on any atom is 0.415 e. The molecule has 0 saturated carbocycles. The Labute approximate surface area is 117 Å². The normalized spacial score (nSPS) is 10.8. The number of amides is 2. The molecule has 2 amide bonds. The van der Waals surface area contributed by atoms with Crippen molar-refractivity contribution in [3.8, 4) is 0 Å². The summed E-state index contributed by atoms with van der Waals surface area (Å²) in [5.41, 5.74) is 5.53. The van der Waals surface area contributed by atoms with Crippen molar-refractivity contribution in [2.24, 2.45) is 11.1 Å².